The lowest BCUT2D eigenvalue weighted by molar-refractivity contribution is -0.136. The monoisotopic (exact) mass is 304 g/mol. The molecule has 4 heteroatoms. The molecule has 122 valence electrons. The van der Waals surface area contributed by atoms with E-state index in [1.165, 1.54) is 5.56 Å². The Labute approximate surface area is 133 Å². The Kier molecular flexibility index (Phi) is 5.12. The highest BCUT2D eigenvalue weighted by Gasteiger charge is 2.29. The minimum Gasteiger partial charge on any atom is -0.481 e. The number of ether oxygens (including phenoxy) is 1. The molecule has 22 heavy (non-hydrogen) atoms. The van der Waals surface area contributed by atoms with Gasteiger partial charge in [0.05, 0.1) is 0 Å². The van der Waals surface area contributed by atoms with Crippen molar-refractivity contribution in [2.45, 2.75) is 45.6 Å². The van der Waals surface area contributed by atoms with E-state index in [2.05, 4.69) is 26.8 Å². The van der Waals surface area contributed by atoms with E-state index < -0.39 is 6.10 Å². The first-order valence-corrected chi connectivity index (χ1v) is 8.07. The van der Waals surface area contributed by atoms with E-state index in [0.29, 0.717) is 12.5 Å². The summed E-state index contributed by atoms with van der Waals surface area (Å²) in [5.74, 6) is 1.24. The number of nitrogens with two attached hydrogens (primary N) is 1. The first-order chi connectivity index (χ1) is 10.3. The van der Waals surface area contributed by atoms with Gasteiger partial charge in [-0.25, -0.2) is 0 Å². The van der Waals surface area contributed by atoms with Crippen molar-refractivity contribution in [1.29, 1.82) is 0 Å². The minimum absolute atomic E-state index is 0.0529. The second-order valence-electron chi connectivity index (χ2n) is 7.21. The van der Waals surface area contributed by atoms with Crippen molar-refractivity contribution in [2.24, 2.45) is 11.7 Å². The zero-order valence-electron chi connectivity index (χ0n) is 14.1. The van der Waals surface area contributed by atoms with Crippen LogP contribution in [0, 0.1) is 5.92 Å². The van der Waals surface area contributed by atoms with Gasteiger partial charge >= 0.3 is 0 Å². The Bertz CT molecular complexity index is 522. The SMILES string of the molecule is CC(Oc1cccc(C(C)(C)C)c1)C(=O)N1CCC(CN)C1. The average molecular weight is 304 g/mol. The van der Waals surface area contributed by atoms with Crippen LogP contribution >= 0.6 is 0 Å². The summed E-state index contributed by atoms with van der Waals surface area (Å²) in [6, 6.07) is 8.00. The summed E-state index contributed by atoms with van der Waals surface area (Å²) in [6.45, 7) is 10.5. The molecular weight excluding hydrogens is 276 g/mol. The number of amides is 1. The van der Waals surface area contributed by atoms with E-state index in [4.69, 9.17) is 10.5 Å². The van der Waals surface area contributed by atoms with Crippen molar-refractivity contribution < 1.29 is 9.53 Å². The van der Waals surface area contributed by atoms with Crippen molar-refractivity contribution >= 4 is 5.91 Å². The Balaban J connectivity index is 2.00. The van der Waals surface area contributed by atoms with Crippen LogP contribution in [0.25, 0.3) is 0 Å². The van der Waals surface area contributed by atoms with Gasteiger partial charge in [-0.05, 0) is 48.9 Å². The summed E-state index contributed by atoms with van der Waals surface area (Å²) >= 11 is 0. The average Bonchev–Trinajstić information content (AvgIpc) is 2.94. The third-order valence-corrected chi connectivity index (χ3v) is 4.29. The van der Waals surface area contributed by atoms with Crippen molar-refractivity contribution in [2.75, 3.05) is 19.6 Å². The molecule has 2 unspecified atom stereocenters. The lowest BCUT2D eigenvalue weighted by Gasteiger charge is -2.23. The van der Waals surface area contributed by atoms with Crippen LogP contribution in [-0.4, -0.2) is 36.5 Å². The molecule has 2 rings (SSSR count). The molecule has 1 aliphatic rings. The van der Waals surface area contributed by atoms with Crippen molar-refractivity contribution in [3.8, 4) is 5.75 Å². The number of carbonyl (C=O) groups excluding carboxylic acids is 1. The predicted molar refractivity (Wildman–Crippen MR) is 89.0 cm³/mol. The molecule has 1 saturated heterocycles. The van der Waals surface area contributed by atoms with Crippen LogP contribution < -0.4 is 10.5 Å². The van der Waals surface area contributed by atoms with Crippen LogP contribution in [0.15, 0.2) is 24.3 Å². The highest BCUT2D eigenvalue weighted by molar-refractivity contribution is 5.81. The molecular formula is C18H28N2O2. The molecule has 1 fully saturated rings. The predicted octanol–water partition coefficient (Wildman–Crippen LogP) is 2.56. The fourth-order valence-corrected chi connectivity index (χ4v) is 2.77. The van der Waals surface area contributed by atoms with Crippen LogP contribution in [0.3, 0.4) is 0 Å². The molecule has 0 radical (unpaired) electrons. The van der Waals surface area contributed by atoms with E-state index in [0.717, 1.165) is 25.3 Å². The normalized spacial score (nSPS) is 20.0. The molecule has 0 spiro atoms. The van der Waals surface area contributed by atoms with E-state index in [1.807, 2.05) is 30.0 Å². The topological polar surface area (TPSA) is 55.6 Å². The van der Waals surface area contributed by atoms with Gasteiger partial charge in [0, 0.05) is 13.1 Å². The zero-order valence-corrected chi connectivity index (χ0v) is 14.1. The smallest absolute Gasteiger partial charge is 0.263 e. The van der Waals surface area contributed by atoms with Crippen LogP contribution in [0.2, 0.25) is 0 Å². The molecule has 0 aliphatic carbocycles. The summed E-state index contributed by atoms with van der Waals surface area (Å²) in [4.78, 5) is 14.3. The summed E-state index contributed by atoms with van der Waals surface area (Å²) in [5.41, 5.74) is 6.95. The molecule has 2 N–H and O–H groups in total. The largest absolute Gasteiger partial charge is 0.481 e. The Morgan fingerprint density at radius 2 is 2.18 bits per heavy atom. The summed E-state index contributed by atoms with van der Waals surface area (Å²) in [6.07, 6.45) is 0.529. The van der Waals surface area contributed by atoms with Gasteiger partial charge in [0.15, 0.2) is 6.10 Å². The van der Waals surface area contributed by atoms with Gasteiger partial charge < -0.3 is 15.4 Å². The standard InChI is InChI=1S/C18H28N2O2/c1-13(17(21)20-9-8-14(11-19)12-20)22-16-7-5-6-15(10-16)18(2,3)4/h5-7,10,13-14H,8-9,11-12,19H2,1-4H3. The maximum atomic E-state index is 12.5. The molecule has 1 heterocycles. The highest BCUT2D eigenvalue weighted by Crippen LogP contribution is 2.26. The Morgan fingerprint density at radius 1 is 1.45 bits per heavy atom. The van der Waals surface area contributed by atoms with E-state index in [1.54, 1.807) is 0 Å². The van der Waals surface area contributed by atoms with Gasteiger partial charge in [0.25, 0.3) is 5.91 Å². The van der Waals surface area contributed by atoms with Crippen LogP contribution in [0.4, 0.5) is 0 Å². The first-order valence-electron chi connectivity index (χ1n) is 8.07. The fraction of sp³-hybridized carbons (Fsp3) is 0.611. The summed E-state index contributed by atoms with van der Waals surface area (Å²) in [7, 11) is 0. The lowest BCUT2D eigenvalue weighted by atomic mass is 9.87. The maximum Gasteiger partial charge on any atom is 0.263 e. The summed E-state index contributed by atoms with van der Waals surface area (Å²) in [5, 5.41) is 0. The molecule has 0 bridgehead atoms. The molecule has 2 atom stereocenters. The quantitative estimate of drug-likeness (QED) is 0.930. The van der Waals surface area contributed by atoms with E-state index in [9.17, 15) is 4.79 Å². The first kappa shape index (κ1) is 16.8. The van der Waals surface area contributed by atoms with Crippen molar-refractivity contribution in [3.63, 3.8) is 0 Å². The Hall–Kier alpha value is -1.55. The van der Waals surface area contributed by atoms with Crippen molar-refractivity contribution in [1.82, 2.24) is 4.90 Å². The molecule has 0 aromatic heterocycles. The number of hydrogen-bond acceptors (Lipinski definition) is 3. The summed E-state index contributed by atoms with van der Waals surface area (Å²) < 4.78 is 5.87. The zero-order chi connectivity index (χ0) is 16.3. The number of hydrogen-bond donors (Lipinski definition) is 1. The minimum atomic E-state index is -0.466. The van der Waals surface area contributed by atoms with Crippen LogP contribution in [-0.2, 0) is 10.2 Å². The third kappa shape index (κ3) is 4.01. The number of benzene rings is 1. The molecule has 1 aromatic rings. The van der Waals surface area contributed by atoms with Gasteiger partial charge in [-0.3, -0.25) is 4.79 Å². The number of carbonyl (C=O) groups is 1. The van der Waals surface area contributed by atoms with Gasteiger partial charge in [0.2, 0.25) is 0 Å². The van der Waals surface area contributed by atoms with Crippen LogP contribution in [0.1, 0.15) is 39.7 Å². The number of likely N-dealkylation sites (tertiary alicyclic amines) is 1. The van der Waals surface area contributed by atoms with Gasteiger partial charge in [-0.1, -0.05) is 32.9 Å². The van der Waals surface area contributed by atoms with Crippen molar-refractivity contribution in [3.05, 3.63) is 29.8 Å². The molecule has 1 aliphatic heterocycles. The molecule has 0 saturated carbocycles. The van der Waals surface area contributed by atoms with Gasteiger partial charge in [0.1, 0.15) is 5.75 Å². The van der Waals surface area contributed by atoms with E-state index in [-0.39, 0.29) is 11.3 Å². The third-order valence-electron chi connectivity index (χ3n) is 4.29. The molecule has 4 nitrogen and oxygen atoms in total. The van der Waals surface area contributed by atoms with Gasteiger partial charge in [-0.15, -0.1) is 0 Å². The maximum absolute atomic E-state index is 12.5. The number of rotatable bonds is 4. The van der Waals surface area contributed by atoms with Crippen LogP contribution in [0.5, 0.6) is 5.75 Å². The lowest BCUT2D eigenvalue weighted by Crippen LogP contribution is -2.39. The highest BCUT2D eigenvalue weighted by atomic mass is 16.5. The Morgan fingerprint density at radius 3 is 2.77 bits per heavy atom. The fourth-order valence-electron chi connectivity index (χ4n) is 2.77. The molecule has 1 amide bonds. The molecule has 1 aromatic carbocycles. The van der Waals surface area contributed by atoms with E-state index >= 15 is 0 Å². The number of nitrogens with zero attached hydrogens (tertiary/aromatic N) is 1. The second kappa shape index (κ2) is 6.69. The van der Waals surface area contributed by atoms with Gasteiger partial charge in [-0.2, -0.15) is 0 Å². The second-order valence-corrected chi connectivity index (χ2v) is 7.21.